The van der Waals surface area contributed by atoms with Gasteiger partial charge < -0.3 is 14.6 Å². The van der Waals surface area contributed by atoms with E-state index in [4.69, 9.17) is 9.47 Å². The highest BCUT2D eigenvalue weighted by atomic mass is 16.6. The predicted molar refractivity (Wildman–Crippen MR) is 80.3 cm³/mol. The fourth-order valence-electron chi connectivity index (χ4n) is 3.44. The highest BCUT2D eigenvalue weighted by molar-refractivity contribution is 5.77. The summed E-state index contributed by atoms with van der Waals surface area (Å²) in [5, 5.41) is 9.95. The van der Waals surface area contributed by atoms with Crippen LogP contribution >= 0.6 is 0 Å². The third kappa shape index (κ3) is 3.05. The lowest BCUT2D eigenvalue weighted by atomic mass is 9.86. The second-order valence-electron chi connectivity index (χ2n) is 6.99. The van der Waals surface area contributed by atoms with Crippen molar-refractivity contribution in [1.29, 1.82) is 0 Å². The number of ether oxygens (including phenoxy) is 2. The Kier molecular flexibility index (Phi) is 4.40. The molecular weight excluding hydrogens is 286 g/mol. The number of hydrogen-bond donors (Lipinski definition) is 1. The van der Waals surface area contributed by atoms with Crippen LogP contribution in [0.25, 0.3) is 0 Å². The van der Waals surface area contributed by atoms with Gasteiger partial charge in [-0.15, -0.1) is 0 Å². The maximum absolute atomic E-state index is 12.5. The van der Waals surface area contributed by atoms with Gasteiger partial charge in [0, 0.05) is 6.04 Å². The summed E-state index contributed by atoms with van der Waals surface area (Å²) in [5.74, 6) is -0.626. The van der Waals surface area contributed by atoms with Crippen LogP contribution in [0.4, 0.5) is 4.79 Å². The van der Waals surface area contributed by atoms with E-state index in [1.807, 2.05) is 20.8 Å². The molecule has 0 aliphatic carbocycles. The molecule has 0 aromatic rings. The van der Waals surface area contributed by atoms with Crippen LogP contribution in [-0.4, -0.2) is 46.9 Å². The quantitative estimate of drug-likeness (QED) is 0.595. The minimum Gasteiger partial charge on any atom is -0.513 e. The number of nitrogens with zero attached hydrogens (tertiary/aromatic N) is 1. The van der Waals surface area contributed by atoms with Crippen molar-refractivity contribution in [3.8, 4) is 0 Å². The monoisotopic (exact) mass is 311 g/mol. The Morgan fingerprint density at radius 1 is 1.27 bits per heavy atom. The van der Waals surface area contributed by atoms with E-state index in [1.54, 1.807) is 11.8 Å². The average molecular weight is 311 g/mol. The number of esters is 1. The maximum atomic E-state index is 12.5. The van der Waals surface area contributed by atoms with Crippen molar-refractivity contribution < 1.29 is 24.2 Å². The van der Waals surface area contributed by atoms with Crippen LogP contribution in [0.3, 0.4) is 0 Å². The van der Waals surface area contributed by atoms with E-state index in [0.29, 0.717) is 12.8 Å². The number of allylic oxidation sites excluding steroid dienone is 1. The molecule has 1 N–H and O–H groups in total. The second-order valence-corrected chi connectivity index (χ2v) is 6.99. The van der Waals surface area contributed by atoms with Crippen LogP contribution in [-0.2, 0) is 14.3 Å². The van der Waals surface area contributed by atoms with Gasteiger partial charge in [-0.2, -0.15) is 0 Å². The first-order chi connectivity index (χ1) is 10.2. The summed E-state index contributed by atoms with van der Waals surface area (Å²) in [6.07, 6.45) is 1.43. The molecule has 2 heterocycles. The molecule has 0 radical (unpaired) electrons. The zero-order valence-corrected chi connectivity index (χ0v) is 13.9. The van der Waals surface area contributed by atoms with E-state index < -0.39 is 17.6 Å². The van der Waals surface area contributed by atoms with Gasteiger partial charge in [-0.3, -0.25) is 9.69 Å². The largest absolute Gasteiger partial charge is 0.513 e. The highest BCUT2D eigenvalue weighted by Crippen LogP contribution is 2.44. The Labute approximate surface area is 131 Å². The molecule has 0 saturated carbocycles. The van der Waals surface area contributed by atoms with Crippen LogP contribution in [0.1, 0.15) is 47.0 Å². The SMILES string of the molecule is COC(=O)[C@@H]1C/C(=C(/C)O)[C@@H]2CC[C@H]1N2C(=O)OC(C)(C)C. The third-order valence-corrected chi connectivity index (χ3v) is 4.31. The number of carbonyl (C=O) groups excluding carboxylic acids is 2. The van der Waals surface area contributed by atoms with E-state index in [0.717, 1.165) is 12.0 Å². The summed E-state index contributed by atoms with van der Waals surface area (Å²) in [7, 11) is 1.34. The molecule has 0 aromatic heterocycles. The molecule has 3 atom stereocenters. The van der Waals surface area contributed by atoms with Crippen LogP contribution in [0.5, 0.6) is 0 Å². The van der Waals surface area contributed by atoms with Gasteiger partial charge in [0.1, 0.15) is 5.60 Å². The molecule has 22 heavy (non-hydrogen) atoms. The number of piperidine rings is 1. The van der Waals surface area contributed by atoms with Gasteiger partial charge >= 0.3 is 12.1 Å². The van der Waals surface area contributed by atoms with Gasteiger partial charge in [-0.25, -0.2) is 4.79 Å². The van der Waals surface area contributed by atoms with Crippen LogP contribution in [0.15, 0.2) is 11.3 Å². The smallest absolute Gasteiger partial charge is 0.411 e. The van der Waals surface area contributed by atoms with Crippen molar-refractivity contribution in [3.63, 3.8) is 0 Å². The Bertz CT molecular complexity index is 501. The van der Waals surface area contributed by atoms with Crippen molar-refractivity contribution >= 4 is 12.1 Å². The summed E-state index contributed by atoms with van der Waals surface area (Å²) in [6.45, 7) is 7.02. The molecule has 2 aliphatic rings. The van der Waals surface area contributed by atoms with Gasteiger partial charge in [0.05, 0.1) is 24.8 Å². The molecule has 2 bridgehead atoms. The van der Waals surface area contributed by atoms with Crippen LogP contribution < -0.4 is 0 Å². The first-order valence-electron chi connectivity index (χ1n) is 7.63. The molecule has 2 rings (SSSR count). The van der Waals surface area contributed by atoms with Crippen LogP contribution in [0.2, 0.25) is 0 Å². The topological polar surface area (TPSA) is 76.1 Å². The van der Waals surface area contributed by atoms with E-state index in [2.05, 4.69) is 0 Å². The summed E-state index contributed by atoms with van der Waals surface area (Å²) in [5.41, 5.74) is 0.127. The van der Waals surface area contributed by atoms with Gasteiger partial charge in [0.25, 0.3) is 0 Å². The molecule has 0 aromatic carbocycles. The Balaban J connectivity index is 2.35. The number of methoxy groups -OCH3 is 1. The van der Waals surface area contributed by atoms with Gasteiger partial charge in [0.2, 0.25) is 0 Å². The van der Waals surface area contributed by atoms with Crippen molar-refractivity contribution in [3.05, 3.63) is 11.3 Å². The molecule has 1 amide bonds. The van der Waals surface area contributed by atoms with Gasteiger partial charge in [0.15, 0.2) is 0 Å². The fraction of sp³-hybridized carbons (Fsp3) is 0.750. The lowest BCUT2D eigenvalue weighted by Crippen LogP contribution is -2.53. The maximum Gasteiger partial charge on any atom is 0.411 e. The summed E-state index contributed by atoms with van der Waals surface area (Å²) in [6, 6.07) is -0.416. The number of hydrogen-bond acceptors (Lipinski definition) is 5. The van der Waals surface area contributed by atoms with E-state index in [9.17, 15) is 14.7 Å². The molecule has 0 unspecified atom stereocenters. The Morgan fingerprint density at radius 3 is 2.41 bits per heavy atom. The van der Waals surface area contributed by atoms with E-state index >= 15 is 0 Å². The number of fused-ring (bicyclic) bond motifs is 2. The molecule has 2 saturated heterocycles. The van der Waals surface area contributed by atoms with Crippen LogP contribution in [0, 0.1) is 5.92 Å². The molecule has 124 valence electrons. The Hall–Kier alpha value is -1.72. The number of aliphatic hydroxyl groups is 1. The zero-order valence-electron chi connectivity index (χ0n) is 13.9. The second kappa shape index (κ2) is 5.82. The predicted octanol–water partition coefficient (Wildman–Crippen LogP) is 2.78. The standard InChI is InChI=1S/C16H25NO5/c1-9(18)10-8-11(14(19)21-5)13-7-6-12(10)17(13)15(20)22-16(2,3)4/h11-13,18H,6-8H2,1-5H3/b10-9+/t11-,12+,13-/m1/s1. The van der Waals surface area contributed by atoms with Crippen molar-refractivity contribution in [2.45, 2.75) is 64.6 Å². The van der Waals surface area contributed by atoms with Gasteiger partial charge in [-0.05, 0) is 52.5 Å². The van der Waals surface area contributed by atoms with E-state index in [-0.39, 0.29) is 23.8 Å². The molecule has 2 aliphatic heterocycles. The van der Waals surface area contributed by atoms with Gasteiger partial charge in [-0.1, -0.05) is 0 Å². The molecular formula is C16H25NO5. The fourth-order valence-corrected chi connectivity index (χ4v) is 3.44. The number of rotatable bonds is 1. The number of carbonyl (C=O) groups is 2. The Morgan fingerprint density at radius 2 is 1.91 bits per heavy atom. The summed E-state index contributed by atoms with van der Waals surface area (Å²) >= 11 is 0. The van der Waals surface area contributed by atoms with Crippen molar-refractivity contribution in [2.24, 2.45) is 5.92 Å². The van der Waals surface area contributed by atoms with Crippen molar-refractivity contribution in [2.75, 3.05) is 7.11 Å². The van der Waals surface area contributed by atoms with Crippen molar-refractivity contribution in [1.82, 2.24) is 4.90 Å². The average Bonchev–Trinajstić information content (AvgIpc) is 2.72. The minimum atomic E-state index is -0.604. The van der Waals surface area contributed by atoms with E-state index in [1.165, 1.54) is 7.11 Å². The normalized spacial score (nSPS) is 30.0. The highest BCUT2D eigenvalue weighted by Gasteiger charge is 2.51. The minimum absolute atomic E-state index is 0.174. The number of aliphatic hydroxyl groups excluding tert-OH is 1. The first-order valence-corrected chi connectivity index (χ1v) is 7.63. The zero-order chi connectivity index (χ0) is 16.7. The first kappa shape index (κ1) is 16.6. The molecule has 6 nitrogen and oxygen atoms in total. The molecule has 0 spiro atoms. The molecule has 2 fully saturated rings. The number of amides is 1. The lowest BCUT2D eigenvalue weighted by Gasteiger charge is -2.40. The third-order valence-electron chi connectivity index (χ3n) is 4.31. The summed E-state index contributed by atoms with van der Waals surface area (Å²) < 4.78 is 10.4. The lowest BCUT2D eigenvalue weighted by molar-refractivity contribution is -0.148. The molecule has 6 heteroatoms. The summed E-state index contributed by atoms with van der Waals surface area (Å²) in [4.78, 5) is 26.2.